The minimum Gasteiger partial charge on any atom is -0.467 e. The Labute approximate surface area is 144 Å². The van der Waals surface area contributed by atoms with E-state index in [0.717, 1.165) is 16.3 Å². The molecule has 3 rings (SSSR count). The average Bonchev–Trinajstić information content (AvgIpc) is 3.30. The van der Waals surface area contributed by atoms with Gasteiger partial charge in [-0.2, -0.15) is 0 Å². The summed E-state index contributed by atoms with van der Waals surface area (Å²) in [5.74, 6) is 0.611. The van der Waals surface area contributed by atoms with Crippen LogP contribution in [0.2, 0.25) is 0 Å². The molecule has 2 heterocycles. The van der Waals surface area contributed by atoms with Gasteiger partial charge in [-0.25, -0.2) is 4.98 Å². The normalized spacial score (nSPS) is 10.7. The fraction of sp³-hybridized carbons (Fsp3) is 0.222. The Bertz CT molecular complexity index is 769. The van der Waals surface area contributed by atoms with Crippen molar-refractivity contribution in [3.8, 4) is 10.6 Å². The monoisotopic (exact) mass is 342 g/mol. The van der Waals surface area contributed by atoms with E-state index >= 15 is 0 Å². The van der Waals surface area contributed by atoms with Crippen LogP contribution >= 0.6 is 11.3 Å². The summed E-state index contributed by atoms with van der Waals surface area (Å²) in [6.07, 6.45) is 1.60. The fourth-order valence-corrected chi connectivity index (χ4v) is 3.09. The van der Waals surface area contributed by atoms with Gasteiger partial charge in [0.05, 0.1) is 19.4 Å². The highest BCUT2D eigenvalue weighted by Gasteiger charge is 2.20. The Kier molecular flexibility index (Phi) is 5.40. The average molecular weight is 342 g/mol. The maximum absolute atomic E-state index is 12.8. The van der Waals surface area contributed by atoms with Gasteiger partial charge in [-0.1, -0.05) is 30.3 Å². The van der Waals surface area contributed by atoms with Gasteiger partial charge in [0.25, 0.3) is 5.91 Å². The quantitative estimate of drug-likeness (QED) is 0.657. The Morgan fingerprint density at radius 3 is 2.79 bits per heavy atom. The van der Waals surface area contributed by atoms with Crippen LogP contribution in [0, 0.1) is 0 Å². The van der Waals surface area contributed by atoms with Crippen molar-refractivity contribution in [3.63, 3.8) is 0 Å². The summed E-state index contributed by atoms with van der Waals surface area (Å²) in [6.45, 7) is 1.34. The zero-order valence-corrected chi connectivity index (χ0v) is 14.2. The number of carbonyl (C=O) groups is 1. The lowest BCUT2D eigenvalue weighted by Gasteiger charge is -2.20. The molecule has 5 nitrogen and oxygen atoms in total. The van der Waals surface area contributed by atoms with E-state index in [2.05, 4.69) is 4.98 Å². The van der Waals surface area contributed by atoms with Gasteiger partial charge in [-0.3, -0.25) is 4.79 Å². The van der Waals surface area contributed by atoms with Gasteiger partial charge in [-0.15, -0.1) is 11.3 Å². The summed E-state index contributed by atoms with van der Waals surface area (Å²) in [6, 6.07) is 13.5. The SMILES string of the molecule is COCCN(Cc1ccco1)C(=O)c1csc(-c2ccccc2)n1. The Hall–Kier alpha value is -2.44. The number of hydrogen-bond acceptors (Lipinski definition) is 5. The molecule has 0 radical (unpaired) electrons. The zero-order chi connectivity index (χ0) is 16.8. The molecule has 0 spiro atoms. The van der Waals surface area contributed by atoms with Crippen molar-refractivity contribution in [1.29, 1.82) is 0 Å². The van der Waals surface area contributed by atoms with Crippen LogP contribution in [0.3, 0.4) is 0 Å². The second kappa shape index (κ2) is 7.90. The first-order valence-corrected chi connectivity index (χ1v) is 8.47. The molecule has 0 atom stereocenters. The van der Waals surface area contributed by atoms with Crippen molar-refractivity contribution >= 4 is 17.2 Å². The molecule has 0 N–H and O–H groups in total. The van der Waals surface area contributed by atoms with E-state index in [0.29, 0.717) is 25.4 Å². The molecule has 0 unspecified atom stereocenters. The molecule has 2 aromatic heterocycles. The summed E-state index contributed by atoms with van der Waals surface area (Å²) < 4.78 is 10.5. The Morgan fingerprint density at radius 2 is 2.08 bits per heavy atom. The molecular weight excluding hydrogens is 324 g/mol. The summed E-state index contributed by atoms with van der Waals surface area (Å²) in [5.41, 5.74) is 1.46. The van der Waals surface area contributed by atoms with Crippen molar-refractivity contribution < 1.29 is 13.9 Å². The molecule has 0 saturated carbocycles. The second-order valence-electron chi connectivity index (χ2n) is 5.20. The Balaban J connectivity index is 1.78. The predicted octanol–water partition coefficient (Wildman–Crippen LogP) is 3.69. The van der Waals surface area contributed by atoms with Crippen LogP contribution in [-0.4, -0.2) is 36.1 Å². The fourth-order valence-electron chi connectivity index (χ4n) is 2.29. The standard InChI is InChI=1S/C18H18N2O3S/c1-22-11-9-20(12-15-8-5-10-23-15)18(21)16-13-24-17(19-16)14-6-3-2-4-7-14/h2-8,10,13H,9,11-12H2,1H3. The van der Waals surface area contributed by atoms with Crippen molar-refractivity contribution in [1.82, 2.24) is 9.88 Å². The molecule has 0 bridgehead atoms. The van der Waals surface area contributed by atoms with Crippen LogP contribution < -0.4 is 0 Å². The number of thiazole rings is 1. The summed E-state index contributed by atoms with van der Waals surface area (Å²) >= 11 is 1.47. The molecule has 1 amide bonds. The smallest absolute Gasteiger partial charge is 0.273 e. The van der Waals surface area contributed by atoms with Crippen LogP contribution in [-0.2, 0) is 11.3 Å². The maximum atomic E-state index is 12.8. The van der Waals surface area contributed by atoms with Gasteiger partial charge in [0.2, 0.25) is 0 Å². The number of aromatic nitrogens is 1. The summed E-state index contributed by atoms with van der Waals surface area (Å²) in [7, 11) is 1.62. The van der Waals surface area contributed by atoms with Crippen LogP contribution in [0.5, 0.6) is 0 Å². The van der Waals surface area contributed by atoms with E-state index < -0.39 is 0 Å². The van der Waals surface area contributed by atoms with Crippen LogP contribution in [0.1, 0.15) is 16.2 Å². The van der Waals surface area contributed by atoms with Crippen molar-refractivity contribution in [2.45, 2.75) is 6.54 Å². The van der Waals surface area contributed by atoms with Crippen LogP contribution in [0.15, 0.2) is 58.5 Å². The van der Waals surface area contributed by atoms with E-state index in [1.165, 1.54) is 11.3 Å². The third-order valence-corrected chi connectivity index (χ3v) is 4.41. The van der Waals surface area contributed by atoms with E-state index in [9.17, 15) is 4.79 Å². The molecule has 124 valence electrons. The van der Waals surface area contributed by atoms with Gasteiger partial charge in [0.15, 0.2) is 0 Å². The molecule has 0 fully saturated rings. The first-order valence-electron chi connectivity index (χ1n) is 7.59. The van der Waals surface area contributed by atoms with Gasteiger partial charge in [0, 0.05) is 24.6 Å². The predicted molar refractivity (Wildman–Crippen MR) is 92.9 cm³/mol. The molecule has 3 aromatic rings. The third-order valence-electron chi connectivity index (χ3n) is 3.52. The van der Waals surface area contributed by atoms with E-state index in [4.69, 9.17) is 9.15 Å². The first-order chi connectivity index (χ1) is 11.8. The molecule has 0 aliphatic carbocycles. The molecule has 24 heavy (non-hydrogen) atoms. The number of rotatable bonds is 7. The van der Waals surface area contributed by atoms with Gasteiger partial charge >= 0.3 is 0 Å². The van der Waals surface area contributed by atoms with E-state index in [1.807, 2.05) is 42.5 Å². The minimum absolute atomic E-state index is 0.123. The molecule has 0 aliphatic rings. The maximum Gasteiger partial charge on any atom is 0.273 e. The molecule has 6 heteroatoms. The lowest BCUT2D eigenvalue weighted by Crippen LogP contribution is -2.33. The largest absolute Gasteiger partial charge is 0.467 e. The number of methoxy groups -OCH3 is 1. The molecule has 0 saturated heterocycles. The topological polar surface area (TPSA) is 55.6 Å². The lowest BCUT2D eigenvalue weighted by molar-refractivity contribution is 0.0661. The number of carbonyl (C=O) groups excluding carboxylic acids is 1. The van der Waals surface area contributed by atoms with E-state index in [-0.39, 0.29) is 5.91 Å². The highest BCUT2D eigenvalue weighted by molar-refractivity contribution is 7.13. The molecule has 1 aromatic carbocycles. The van der Waals surface area contributed by atoms with Gasteiger partial charge < -0.3 is 14.1 Å². The molecule has 0 aliphatic heterocycles. The van der Waals surface area contributed by atoms with Crippen molar-refractivity contribution in [2.75, 3.05) is 20.3 Å². The summed E-state index contributed by atoms with van der Waals surface area (Å²) in [4.78, 5) is 19.0. The second-order valence-corrected chi connectivity index (χ2v) is 6.06. The lowest BCUT2D eigenvalue weighted by atomic mass is 10.2. The first kappa shape index (κ1) is 16.4. The molecular formula is C18H18N2O3S. The zero-order valence-electron chi connectivity index (χ0n) is 13.3. The van der Waals surface area contributed by atoms with Crippen molar-refractivity contribution in [2.24, 2.45) is 0 Å². The number of benzene rings is 1. The van der Waals surface area contributed by atoms with Crippen molar-refractivity contribution in [3.05, 3.63) is 65.6 Å². The number of amides is 1. The summed E-state index contributed by atoms with van der Waals surface area (Å²) in [5, 5.41) is 2.63. The Morgan fingerprint density at radius 1 is 1.25 bits per heavy atom. The highest BCUT2D eigenvalue weighted by Crippen LogP contribution is 2.24. The van der Waals surface area contributed by atoms with Gasteiger partial charge in [0.1, 0.15) is 16.5 Å². The van der Waals surface area contributed by atoms with Gasteiger partial charge in [-0.05, 0) is 12.1 Å². The number of ether oxygens (including phenoxy) is 1. The minimum atomic E-state index is -0.123. The number of nitrogens with zero attached hydrogens (tertiary/aromatic N) is 2. The number of hydrogen-bond donors (Lipinski definition) is 0. The third kappa shape index (κ3) is 3.90. The van der Waals surface area contributed by atoms with Crippen LogP contribution in [0.4, 0.5) is 0 Å². The van der Waals surface area contributed by atoms with E-state index in [1.54, 1.807) is 23.7 Å². The van der Waals surface area contributed by atoms with Crippen LogP contribution in [0.25, 0.3) is 10.6 Å². The highest BCUT2D eigenvalue weighted by atomic mass is 32.1. The number of furan rings is 1.